The van der Waals surface area contributed by atoms with E-state index in [1.165, 1.54) is 18.9 Å². The smallest absolute Gasteiger partial charge is 0.356 e. The highest BCUT2D eigenvalue weighted by molar-refractivity contribution is 5.84. The van der Waals surface area contributed by atoms with Crippen LogP contribution in [-0.2, 0) is 6.54 Å². The summed E-state index contributed by atoms with van der Waals surface area (Å²) >= 11 is 0. The molecule has 0 amide bonds. The van der Waals surface area contributed by atoms with E-state index in [1.54, 1.807) is 11.7 Å². The van der Waals surface area contributed by atoms with Gasteiger partial charge in [0.25, 0.3) is 0 Å². The normalized spacial score (nSPS) is 10.3. The van der Waals surface area contributed by atoms with Gasteiger partial charge < -0.3 is 19.7 Å². The molecule has 0 radical (unpaired) electrons. The Bertz CT molecular complexity index is 611. The highest BCUT2D eigenvalue weighted by Gasteiger charge is 2.08. The van der Waals surface area contributed by atoms with E-state index in [1.807, 2.05) is 6.92 Å². The molecule has 0 aliphatic rings. The molecule has 0 atom stereocenters. The van der Waals surface area contributed by atoms with Crippen LogP contribution in [-0.4, -0.2) is 44.2 Å². The van der Waals surface area contributed by atoms with Crippen molar-refractivity contribution in [3.63, 3.8) is 0 Å². The Balaban J connectivity index is 1.94. The van der Waals surface area contributed by atoms with Gasteiger partial charge in [0.05, 0.1) is 19.0 Å². The van der Waals surface area contributed by atoms with Crippen LogP contribution < -0.4 is 10.1 Å². The fraction of sp³-hybridized carbons (Fsp3) is 0.333. The Labute approximate surface area is 115 Å². The summed E-state index contributed by atoms with van der Waals surface area (Å²) < 4.78 is 6.81. The van der Waals surface area contributed by atoms with Gasteiger partial charge in [0, 0.05) is 19.3 Å². The zero-order chi connectivity index (χ0) is 14.5. The fourth-order valence-corrected chi connectivity index (χ4v) is 1.71. The SMILES string of the molecule is COc1ncnc(NCCn2cnc(C(=O)O)c2)c1C. The van der Waals surface area contributed by atoms with E-state index in [9.17, 15) is 4.79 Å². The minimum absolute atomic E-state index is 0.0323. The highest BCUT2D eigenvalue weighted by Crippen LogP contribution is 2.19. The molecular weight excluding hydrogens is 262 g/mol. The van der Waals surface area contributed by atoms with Gasteiger partial charge in [0.1, 0.15) is 12.1 Å². The highest BCUT2D eigenvalue weighted by atomic mass is 16.5. The second-order valence-electron chi connectivity index (χ2n) is 4.09. The number of carboxylic acid groups (broad SMARTS) is 1. The quantitative estimate of drug-likeness (QED) is 0.805. The lowest BCUT2D eigenvalue weighted by Gasteiger charge is -2.10. The van der Waals surface area contributed by atoms with Crippen LogP contribution in [0.15, 0.2) is 18.9 Å². The maximum Gasteiger partial charge on any atom is 0.356 e. The summed E-state index contributed by atoms with van der Waals surface area (Å²) in [6, 6.07) is 0. The van der Waals surface area contributed by atoms with Crippen LogP contribution >= 0.6 is 0 Å². The predicted molar refractivity (Wildman–Crippen MR) is 71.0 cm³/mol. The molecule has 0 aromatic carbocycles. The lowest BCUT2D eigenvalue weighted by molar-refractivity contribution is 0.0691. The largest absolute Gasteiger partial charge is 0.481 e. The zero-order valence-corrected chi connectivity index (χ0v) is 11.2. The summed E-state index contributed by atoms with van der Waals surface area (Å²) in [5, 5.41) is 11.9. The number of aromatic carboxylic acids is 1. The van der Waals surface area contributed by atoms with Crippen molar-refractivity contribution in [1.82, 2.24) is 19.5 Å². The first-order valence-electron chi connectivity index (χ1n) is 5.96. The Hall–Kier alpha value is -2.64. The van der Waals surface area contributed by atoms with E-state index in [0.29, 0.717) is 24.8 Å². The Morgan fingerprint density at radius 2 is 2.25 bits per heavy atom. The summed E-state index contributed by atoms with van der Waals surface area (Å²) in [6.45, 7) is 3.02. The number of nitrogens with zero attached hydrogens (tertiary/aromatic N) is 4. The molecule has 0 saturated heterocycles. The maximum absolute atomic E-state index is 10.7. The molecule has 2 aromatic rings. The van der Waals surface area contributed by atoms with Gasteiger partial charge in [-0.25, -0.2) is 19.7 Å². The van der Waals surface area contributed by atoms with Crippen LogP contribution in [0.5, 0.6) is 5.88 Å². The van der Waals surface area contributed by atoms with Crippen molar-refractivity contribution in [2.24, 2.45) is 0 Å². The van der Waals surface area contributed by atoms with E-state index >= 15 is 0 Å². The number of aromatic nitrogens is 4. The van der Waals surface area contributed by atoms with Crippen molar-refractivity contribution in [2.45, 2.75) is 13.5 Å². The lowest BCUT2D eigenvalue weighted by atomic mass is 10.3. The number of imidazole rings is 1. The molecule has 2 rings (SSSR count). The molecule has 2 heterocycles. The second-order valence-corrected chi connectivity index (χ2v) is 4.09. The van der Waals surface area contributed by atoms with Crippen LogP contribution in [0.25, 0.3) is 0 Å². The van der Waals surface area contributed by atoms with Crippen LogP contribution in [0.4, 0.5) is 5.82 Å². The van der Waals surface area contributed by atoms with Crippen LogP contribution in [0.1, 0.15) is 16.1 Å². The second kappa shape index (κ2) is 6.00. The summed E-state index contributed by atoms with van der Waals surface area (Å²) in [5.74, 6) is 0.182. The lowest BCUT2D eigenvalue weighted by Crippen LogP contribution is -2.12. The third-order valence-corrected chi connectivity index (χ3v) is 2.75. The number of rotatable bonds is 6. The summed E-state index contributed by atoms with van der Waals surface area (Å²) in [4.78, 5) is 22.6. The summed E-state index contributed by atoms with van der Waals surface area (Å²) in [6.07, 6.45) is 4.39. The molecule has 106 valence electrons. The number of anilines is 1. The van der Waals surface area contributed by atoms with Crippen LogP contribution in [0.3, 0.4) is 0 Å². The van der Waals surface area contributed by atoms with Gasteiger partial charge in [-0.15, -0.1) is 0 Å². The summed E-state index contributed by atoms with van der Waals surface area (Å²) in [7, 11) is 1.55. The van der Waals surface area contributed by atoms with Gasteiger partial charge in [-0.2, -0.15) is 0 Å². The monoisotopic (exact) mass is 277 g/mol. The number of ether oxygens (including phenoxy) is 1. The molecule has 8 nitrogen and oxygen atoms in total. The predicted octanol–water partition coefficient (Wildman–Crippen LogP) is 0.800. The average molecular weight is 277 g/mol. The molecule has 0 aliphatic heterocycles. The zero-order valence-electron chi connectivity index (χ0n) is 11.2. The number of hydrogen-bond donors (Lipinski definition) is 2. The van der Waals surface area contributed by atoms with Gasteiger partial charge in [0.15, 0.2) is 5.69 Å². The van der Waals surface area contributed by atoms with Crippen LogP contribution in [0, 0.1) is 6.92 Å². The van der Waals surface area contributed by atoms with Crippen molar-refractivity contribution in [3.8, 4) is 5.88 Å². The van der Waals surface area contributed by atoms with E-state index in [2.05, 4.69) is 20.3 Å². The Morgan fingerprint density at radius 1 is 1.45 bits per heavy atom. The molecule has 0 bridgehead atoms. The first-order chi connectivity index (χ1) is 9.61. The maximum atomic E-state index is 10.7. The van der Waals surface area contributed by atoms with Crippen molar-refractivity contribution in [3.05, 3.63) is 30.1 Å². The van der Waals surface area contributed by atoms with E-state index in [0.717, 1.165) is 5.56 Å². The van der Waals surface area contributed by atoms with Gasteiger partial charge in [-0.05, 0) is 6.92 Å². The van der Waals surface area contributed by atoms with Crippen molar-refractivity contribution in [2.75, 3.05) is 19.0 Å². The third kappa shape index (κ3) is 3.02. The van der Waals surface area contributed by atoms with Crippen LogP contribution in [0.2, 0.25) is 0 Å². The van der Waals surface area contributed by atoms with E-state index in [-0.39, 0.29) is 5.69 Å². The van der Waals surface area contributed by atoms with Gasteiger partial charge >= 0.3 is 5.97 Å². The molecule has 2 aromatic heterocycles. The van der Waals surface area contributed by atoms with E-state index in [4.69, 9.17) is 9.84 Å². The Kier molecular flexibility index (Phi) is 4.14. The fourth-order valence-electron chi connectivity index (χ4n) is 1.71. The Morgan fingerprint density at radius 3 is 2.90 bits per heavy atom. The number of carbonyl (C=O) groups is 1. The topological polar surface area (TPSA) is 102 Å². The van der Waals surface area contributed by atoms with Crippen molar-refractivity contribution >= 4 is 11.8 Å². The van der Waals surface area contributed by atoms with Crippen molar-refractivity contribution in [1.29, 1.82) is 0 Å². The number of hydrogen-bond acceptors (Lipinski definition) is 6. The molecule has 2 N–H and O–H groups in total. The van der Waals surface area contributed by atoms with E-state index < -0.39 is 5.97 Å². The van der Waals surface area contributed by atoms with Gasteiger partial charge in [-0.1, -0.05) is 0 Å². The molecule has 0 saturated carbocycles. The molecule has 0 unspecified atom stereocenters. The molecule has 20 heavy (non-hydrogen) atoms. The minimum atomic E-state index is -1.03. The summed E-state index contributed by atoms with van der Waals surface area (Å²) in [5.41, 5.74) is 0.858. The third-order valence-electron chi connectivity index (χ3n) is 2.75. The molecule has 0 spiro atoms. The minimum Gasteiger partial charge on any atom is -0.481 e. The van der Waals surface area contributed by atoms with Crippen molar-refractivity contribution < 1.29 is 14.6 Å². The van der Waals surface area contributed by atoms with Gasteiger partial charge in [0.2, 0.25) is 5.88 Å². The van der Waals surface area contributed by atoms with Gasteiger partial charge in [-0.3, -0.25) is 0 Å². The first-order valence-corrected chi connectivity index (χ1v) is 5.96. The number of methoxy groups -OCH3 is 1. The standard InChI is InChI=1S/C12H15N5O3/c1-8-10(14-6-15-11(8)20-2)13-3-4-17-5-9(12(18)19)16-7-17/h5-7H,3-4H2,1-2H3,(H,18,19)(H,13,14,15). The average Bonchev–Trinajstić information content (AvgIpc) is 2.90. The number of nitrogens with one attached hydrogen (secondary N) is 1. The number of carboxylic acids is 1. The molecular formula is C12H15N5O3. The molecule has 8 heteroatoms. The molecule has 0 fully saturated rings. The molecule has 0 aliphatic carbocycles. The first kappa shape index (κ1) is 13.8.